The van der Waals surface area contributed by atoms with Gasteiger partial charge in [0.15, 0.2) is 5.82 Å². The van der Waals surface area contributed by atoms with Gasteiger partial charge in [0, 0.05) is 13.1 Å². The van der Waals surface area contributed by atoms with Gasteiger partial charge in [0.2, 0.25) is 5.91 Å². The highest BCUT2D eigenvalue weighted by atomic mass is 19.1. The smallest absolute Gasteiger partial charge is 0.261 e. The highest BCUT2D eigenvalue weighted by molar-refractivity contribution is 6.13. The standard InChI is InChI=1S/C29H29FN4O3/c1-16-27(35)32(4)22-14-15-23(31-26(22)33(16)19-12-13-19)34-25(17-8-10-18(30)11-9-17)20-6-5-7-21(29(2,3)37)24(20)28(34)36/h5-11,14-16,19,25,37H,12-13H2,1-4H3. The average Bonchev–Trinajstić information content (AvgIpc) is 3.65. The second-order valence-electron chi connectivity index (χ2n) is 10.7. The monoisotopic (exact) mass is 500 g/mol. The number of aromatic nitrogens is 1. The molecule has 2 atom stereocenters. The second-order valence-corrected chi connectivity index (χ2v) is 10.7. The van der Waals surface area contributed by atoms with Crippen molar-refractivity contribution in [3.63, 3.8) is 0 Å². The number of likely N-dealkylation sites (N-methyl/N-ethyl adjacent to an activating group) is 1. The van der Waals surface area contributed by atoms with E-state index in [2.05, 4.69) is 4.90 Å². The van der Waals surface area contributed by atoms with E-state index in [1.165, 1.54) is 12.1 Å². The van der Waals surface area contributed by atoms with Crippen molar-refractivity contribution in [2.45, 2.75) is 57.3 Å². The van der Waals surface area contributed by atoms with Gasteiger partial charge in [0.25, 0.3) is 5.91 Å². The first-order chi connectivity index (χ1) is 17.6. The number of aliphatic hydroxyl groups is 1. The lowest BCUT2D eigenvalue weighted by Gasteiger charge is -2.40. The zero-order chi connectivity index (χ0) is 26.2. The first-order valence-corrected chi connectivity index (χ1v) is 12.6. The molecule has 1 aromatic heterocycles. The van der Waals surface area contributed by atoms with E-state index < -0.39 is 11.6 Å². The minimum Gasteiger partial charge on any atom is -0.386 e. The molecule has 3 aromatic rings. The fourth-order valence-electron chi connectivity index (χ4n) is 5.69. The van der Waals surface area contributed by atoms with Gasteiger partial charge in [-0.25, -0.2) is 9.37 Å². The lowest BCUT2D eigenvalue weighted by atomic mass is 9.88. The predicted octanol–water partition coefficient (Wildman–Crippen LogP) is 4.53. The predicted molar refractivity (Wildman–Crippen MR) is 139 cm³/mol. The molecule has 1 saturated carbocycles. The maximum absolute atomic E-state index is 14.1. The van der Waals surface area contributed by atoms with Crippen molar-refractivity contribution in [1.82, 2.24) is 4.98 Å². The molecule has 2 amide bonds. The van der Waals surface area contributed by atoms with Crippen LogP contribution in [0.1, 0.15) is 66.7 Å². The summed E-state index contributed by atoms with van der Waals surface area (Å²) in [6.07, 6.45) is 1.99. The summed E-state index contributed by atoms with van der Waals surface area (Å²) >= 11 is 0. The summed E-state index contributed by atoms with van der Waals surface area (Å²) in [6.45, 7) is 5.21. The number of halogens is 1. The number of carbonyl (C=O) groups is 2. The number of hydrogen-bond donors (Lipinski definition) is 1. The molecule has 0 saturated heterocycles. The molecule has 2 aliphatic heterocycles. The second kappa shape index (κ2) is 8.11. The molecule has 2 aromatic carbocycles. The summed E-state index contributed by atoms with van der Waals surface area (Å²) in [4.78, 5) is 37.3. The largest absolute Gasteiger partial charge is 0.386 e. The summed E-state index contributed by atoms with van der Waals surface area (Å²) in [5.41, 5.74) is 1.90. The van der Waals surface area contributed by atoms with Crippen LogP contribution in [0.25, 0.3) is 0 Å². The minimum absolute atomic E-state index is 0.0117. The molecule has 2 unspecified atom stereocenters. The third-order valence-electron chi connectivity index (χ3n) is 7.67. The fourth-order valence-corrected chi connectivity index (χ4v) is 5.69. The van der Waals surface area contributed by atoms with Crippen LogP contribution in [-0.4, -0.2) is 41.0 Å². The van der Waals surface area contributed by atoms with E-state index >= 15 is 0 Å². The van der Waals surface area contributed by atoms with Gasteiger partial charge in [-0.2, -0.15) is 0 Å². The molecular weight excluding hydrogens is 471 g/mol. The van der Waals surface area contributed by atoms with Gasteiger partial charge in [0.05, 0.1) is 22.9 Å². The van der Waals surface area contributed by atoms with Crippen LogP contribution in [0, 0.1) is 5.82 Å². The van der Waals surface area contributed by atoms with Crippen molar-refractivity contribution < 1.29 is 19.1 Å². The van der Waals surface area contributed by atoms with Gasteiger partial charge in [-0.3, -0.25) is 14.5 Å². The number of nitrogens with zero attached hydrogens (tertiary/aromatic N) is 4. The quantitative estimate of drug-likeness (QED) is 0.570. The summed E-state index contributed by atoms with van der Waals surface area (Å²) in [5, 5.41) is 10.9. The Bertz CT molecular complexity index is 1430. The Morgan fingerprint density at radius 2 is 1.73 bits per heavy atom. The average molecular weight is 501 g/mol. The number of fused-ring (bicyclic) bond motifs is 2. The first-order valence-electron chi connectivity index (χ1n) is 12.6. The highest BCUT2D eigenvalue weighted by Crippen LogP contribution is 2.47. The molecule has 190 valence electrons. The van der Waals surface area contributed by atoms with E-state index in [1.54, 1.807) is 55.0 Å². The number of hydrogen-bond acceptors (Lipinski definition) is 5. The van der Waals surface area contributed by atoms with Gasteiger partial charge in [-0.15, -0.1) is 0 Å². The Morgan fingerprint density at radius 1 is 1.03 bits per heavy atom. The van der Waals surface area contributed by atoms with Crippen LogP contribution in [0.2, 0.25) is 0 Å². The topological polar surface area (TPSA) is 77.0 Å². The summed E-state index contributed by atoms with van der Waals surface area (Å²) in [5.74, 6) is 0.493. The van der Waals surface area contributed by atoms with Crippen LogP contribution in [0.4, 0.5) is 21.7 Å². The highest BCUT2D eigenvalue weighted by Gasteiger charge is 2.45. The van der Waals surface area contributed by atoms with Crippen LogP contribution in [0.15, 0.2) is 54.6 Å². The Labute approximate surface area is 215 Å². The lowest BCUT2D eigenvalue weighted by Crippen LogP contribution is -2.52. The van der Waals surface area contributed by atoms with Crippen LogP contribution >= 0.6 is 0 Å². The molecule has 0 spiro atoms. The molecule has 6 rings (SSSR count). The third kappa shape index (κ3) is 3.62. The molecule has 1 fully saturated rings. The number of anilines is 3. The van der Waals surface area contributed by atoms with Crippen LogP contribution in [0.3, 0.4) is 0 Å². The van der Waals surface area contributed by atoms with Crippen molar-refractivity contribution in [2.24, 2.45) is 0 Å². The van der Waals surface area contributed by atoms with Gasteiger partial charge < -0.3 is 14.9 Å². The van der Waals surface area contributed by atoms with E-state index in [9.17, 15) is 19.1 Å². The zero-order valence-corrected chi connectivity index (χ0v) is 21.3. The van der Waals surface area contributed by atoms with Crippen molar-refractivity contribution in [1.29, 1.82) is 0 Å². The normalized spacial score (nSPS) is 21.4. The van der Waals surface area contributed by atoms with E-state index in [-0.39, 0.29) is 29.7 Å². The number of amides is 2. The summed E-state index contributed by atoms with van der Waals surface area (Å²) in [7, 11) is 1.75. The minimum atomic E-state index is -1.24. The van der Waals surface area contributed by atoms with Crippen LogP contribution in [-0.2, 0) is 10.4 Å². The molecule has 7 nitrogen and oxygen atoms in total. The maximum atomic E-state index is 14.1. The maximum Gasteiger partial charge on any atom is 0.261 e. The van der Waals surface area contributed by atoms with E-state index in [0.29, 0.717) is 28.5 Å². The Balaban J connectivity index is 1.54. The molecule has 3 aliphatic rings. The Hall–Kier alpha value is -3.78. The van der Waals surface area contributed by atoms with Gasteiger partial charge in [-0.05, 0) is 74.6 Å². The summed E-state index contributed by atoms with van der Waals surface area (Å²) in [6, 6.07) is 14.5. The Kier molecular flexibility index (Phi) is 5.18. The van der Waals surface area contributed by atoms with Crippen molar-refractivity contribution in [3.05, 3.63) is 82.7 Å². The zero-order valence-electron chi connectivity index (χ0n) is 21.3. The molecule has 0 radical (unpaired) electrons. The number of carbonyl (C=O) groups excluding carboxylic acids is 2. The fraction of sp³-hybridized carbons (Fsp3) is 0.345. The molecule has 0 bridgehead atoms. The SMILES string of the molecule is CC1C(=O)N(C)c2ccc(N3C(=O)c4c(cccc4C(C)(C)O)C3c3ccc(F)cc3)nc2N1C1CC1. The molecule has 8 heteroatoms. The molecule has 37 heavy (non-hydrogen) atoms. The van der Waals surface area contributed by atoms with Crippen LogP contribution < -0.4 is 14.7 Å². The van der Waals surface area contributed by atoms with E-state index in [1.807, 2.05) is 25.1 Å². The van der Waals surface area contributed by atoms with Gasteiger partial charge in [0.1, 0.15) is 17.7 Å². The summed E-state index contributed by atoms with van der Waals surface area (Å²) < 4.78 is 13.8. The number of pyridine rings is 1. The molecular formula is C29H29FN4O3. The molecule has 1 N–H and O–H groups in total. The number of benzene rings is 2. The van der Waals surface area contributed by atoms with Gasteiger partial charge in [-0.1, -0.05) is 30.3 Å². The van der Waals surface area contributed by atoms with Crippen molar-refractivity contribution in [2.75, 3.05) is 21.7 Å². The first kappa shape index (κ1) is 23.6. The molecule has 1 aliphatic carbocycles. The Morgan fingerprint density at radius 3 is 2.38 bits per heavy atom. The molecule has 3 heterocycles. The number of rotatable bonds is 4. The third-order valence-corrected chi connectivity index (χ3v) is 7.67. The van der Waals surface area contributed by atoms with Crippen molar-refractivity contribution in [3.8, 4) is 0 Å². The van der Waals surface area contributed by atoms with Gasteiger partial charge >= 0.3 is 0 Å². The van der Waals surface area contributed by atoms with Crippen LogP contribution in [0.5, 0.6) is 0 Å². The van der Waals surface area contributed by atoms with Crippen molar-refractivity contribution >= 4 is 29.1 Å². The van der Waals surface area contributed by atoms with E-state index in [4.69, 9.17) is 4.98 Å². The lowest BCUT2D eigenvalue weighted by molar-refractivity contribution is -0.119. The van der Waals surface area contributed by atoms with E-state index in [0.717, 1.165) is 24.0 Å².